The number of halogens is 1. The van der Waals surface area contributed by atoms with Gasteiger partial charge in [0.05, 0.1) is 12.0 Å². The van der Waals surface area contributed by atoms with E-state index in [1.54, 1.807) is 30.9 Å². The van der Waals surface area contributed by atoms with Crippen LogP contribution < -0.4 is 0 Å². The molecule has 0 aliphatic heterocycles. The van der Waals surface area contributed by atoms with Crippen molar-refractivity contribution in [3.8, 4) is 11.4 Å². The second-order valence-electron chi connectivity index (χ2n) is 2.31. The van der Waals surface area contributed by atoms with Crippen molar-refractivity contribution in [3.63, 3.8) is 0 Å². The van der Waals surface area contributed by atoms with Gasteiger partial charge in [-0.05, 0) is 12.1 Å². The van der Waals surface area contributed by atoms with Crippen molar-refractivity contribution < 1.29 is 0 Å². The zero-order chi connectivity index (χ0) is 8.39. The molecule has 0 aromatic carbocycles. The van der Waals surface area contributed by atoms with Gasteiger partial charge in [0.25, 0.3) is 0 Å². The van der Waals surface area contributed by atoms with E-state index in [4.69, 9.17) is 11.6 Å². The molecule has 2 aromatic heterocycles. The highest BCUT2D eigenvalue weighted by Gasteiger charge is 2.00. The first-order chi connectivity index (χ1) is 5.86. The molecule has 2 rings (SSSR count). The third kappa shape index (κ3) is 1.31. The van der Waals surface area contributed by atoms with E-state index in [0.717, 1.165) is 11.4 Å². The first-order valence-electron chi connectivity index (χ1n) is 3.47. The quantitative estimate of drug-likeness (QED) is 0.729. The maximum Gasteiger partial charge on any atom is 0.106 e. The molecular weight excluding hydrogens is 174 g/mol. The van der Waals surface area contributed by atoms with Crippen molar-refractivity contribution in [1.29, 1.82) is 0 Å². The molecule has 0 radical (unpaired) electrons. The molecule has 0 fully saturated rings. The van der Waals surface area contributed by atoms with Gasteiger partial charge in [-0.2, -0.15) is 0 Å². The summed E-state index contributed by atoms with van der Waals surface area (Å²) in [5.74, 6) is 0. The van der Waals surface area contributed by atoms with E-state index in [9.17, 15) is 0 Å². The Morgan fingerprint density at radius 1 is 1.25 bits per heavy atom. The van der Waals surface area contributed by atoms with Crippen molar-refractivity contribution in [2.24, 2.45) is 0 Å². The normalized spacial score (nSPS) is 10.1. The number of pyridine rings is 1. The molecule has 60 valence electrons. The molecule has 0 amide bonds. The fraction of sp³-hybridized carbons (Fsp3) is 0. The number of hydrogen-bond donors (Lipinski definition) is 1. The number of H-pyrrole nitrogens is 1. The topological polar surface area (TPSA) is 41.6 Å². The van der Waals surface area contributed by atoms with Crippen LogP contribution in [0.2, 0.25) is 5.02 Å². The van der Waals surface area contributed by atoms with Crippen molar-refractivity contribution >= 4 is 11.6 Å². The lowest BCUT2D eigenvalue weighted by Gasteiger charge is -1.94. The predicted octanol–water partition coefficient (Wildman–Crippen LogP) is 2.13. The number of imidazole rings is 1. The van der Waals surface area contributed by atoms with E-state index >= 15 is 0 Å². The minimum Gasteiger partial charge on any atom is -0.351 e. The van der Waals surface area contributed by atoms with Crippen LogP contribution in [0.4, 0.5) is 0 Å². The number of aromatic amines is 1. The van der Waals surface area contributed by atoms with Gasteiger partial charge in [-0.3, -0.25) is 4.98 Å². The van der Waals surface area contributed by atoms with Crippen molar-refractivity contribution in [2.45, 2.75) is 0 Å². The first-order valence-corrected chi connectivity index (χ1v) is 3.85. The number of nitrogens with zero attached hydrogens (tertiary/aromatic N) is 2. The molecule has 1 N–H and O–H groups in total. The second kappa shape index (κ2) is 2.95. The highest BCUT2D eigenvalue weighted by Crippen LogP contribution is 2.16. The molecule has 2 aromatic rings. The highest BCUT2D eigenvalue weighted by atomic mass is 35.5. The predicted molar refractivity (Wildman–Crippen MR) is 46.8 cm³/mol. The maximum absolute atomic E-state index is 5.78. The van der Waals surface area contributed by atoms with E-state index < -0.39 is 0 Å². The third-order valence-corrected chi connectivity index (χ3v) is 1.72. The third-order valence-electron chi connectivity index (χ3n) is 1.48. The number of nitrogens with one attached hydrogen (secondary N) is 1. The molecule has 0 spiro atoms. The molecule has 3 nitrogen and oxygen atoms in total. The molecule has 4 heteroatoms. The Bertz CT molecular complexity index is 370. The molecule has 12 heavy (non-hydrogen) atoms. The molecule has 2 heterocycles. The molecule has 0 unspecified atom stereocenters. The Morgan fingerprint density at radius 2 is 2.17 bits per heavy atom. The molecule has 0 saturated carbocycles. The fourth-order valence-corrected chi connectivity index (χ4v) is 1.10. The van der Waals surface area contributed by atoms with Gasteiger partial charge >= 0.3 is 0 Å². The number of rotatable bonds is 1. The van der Waals surface area contributed by atoms with Gasteiger partial charge in [0.15, 0.2) is 0 Å². The molecule has 0 bridgehead atoms. The van der Waals surface area contributed by atoms with Crippen LogP contribution in [0.1, 0.15) is 0 Å². The lowest BCUT2D eigenvalue weighted by Crippen LogP contribution is -1.81. The minimum atomic E-state index is 0.669. The summed E-state index contributed by atoms with van der Waals surface area (Å²) < 4.78 is 0. The smallest absolute Gasteiger partial charge is 0.106 e. The van der Waals surface area contributed by atoms with E-state index in [1.807, 2.05) is 0 Å². The second-order valence-corrected chi connectivity index (χ2v) is 2.75. The number of hydrogen-bond acceptors (Lipinski definition) is 2. The zero-order valence-electron chi connectivity index (χ0n) is 6.16. The van der Waals surface area contributed by atoms with Crippen LogP contribution in [0.5, 0.6) is 0 Å². The Kier molecular flexibility index (Phi) is 1.80. The van der Waals surface area contributed by atoms with Gasteiger partial charge < -0.3 is 4.98 Å². The van der Waals surface area contributed by atoms with E-state index in [0.29, 0.717) is 5.02 Å². The Labute approximate surface area is 74.4 Å². The van der Waals surface area contributed by atoms with E-state index in [1.165, 1.54) is 0 Å². The fourth-order valence-electron chi connectivity index (χ4n) is 0.945. The van der Waals surface area contributed by atoms with Crippen LogP contribution in [0.15, 0.2) is 30.9 Å². The van der Waals surface area contributed by atoms with E-state index in [2.05, 4.69) is 15.0 Å². The summed E-state index contributed by atoms with van der Waals surface area (Å²) in [5.41, 5.74) is 1.58. The summed E-state index contributed by atoms with van der Waals surface area (Å²) in [5, 5.41) is 0.669. The maximum atomic E-state index is 5.78. The molecule has 0 aliphatic carbocycles. The van der Waals surface area contributed by atoms with Crippen LogP contribution in [-0.4, -0.2) is 15.0 Å². The highest BCUT2D eigenvalue weighted by molar-refractivity contribution is 6.30. The van der Waals surface area contributed by atoms with Crippen molar-refractivity contribution in [1.82, 2.24) is 15.0 Å². The number of aromatic nitrogens is 3. The lowest BCUT2D eigenvalue weighted by atomic mass is 10.3. The molecule has 0 saturated heterocycles. The standard InChI is InChI=1S/C8H6ClN3/c9-6-1-2-11-7(3-6)8-4-10-5-12-8/h1-5H,(H,10,12). The monoisotopic (exact) mass is 179 g/mol. The average molecular weight is 180 g/mol. The summed E-state index contributed by atoms with van der Waals surface area (Å²) in [6.07, 6.45) is 5.04. The van der Waals surface area contributed by atoms with Gasteiger partial charge in [-0.1, -0.05) is 11.6 Å². The molecular formula is C8H6ClN3. The van der Waals surface area contributed by atoms with Gasteiger partial charge in [0.2, 0.25) is 0 Å². The van der Waals surface area contributed by atoms with Crippen LogP contribution in [-0.2, 0) is 0 Å². The zero-order valence-corrected chi connectivity index (χ0v) is 6.92. The van der Waals surface area contributed by atoms with Crippen LogP contribution in [0, 0.1) is 0 Å². The average Bonchev–Trinajstić information content (AvgIpc) is 2.56. The minimum absolute atomic E-state index is 0.669. The van der Waals surface area contributed by atoms with Crippen LogP contribution >= 0.6 is 11.6 Å². The van der Waals surface area contributed by atoms with Crippen molar-refractivity contribution in [3.05, 3.63) is 35.9 Å². The van der Waals surface area contributed by atoms with Crippen molar-refractivity contribution in [2.75, 3.05) is 0 Å². The van der Waals surface area contributed by atoms with Gasteiger partial charge in [-0.25, -0.2) is 4.98 Å². The summed E-state index contributed by atoms with van der Waals surface area (Å²) in [6.45, 7) is 0. The Balaban J connectivity index is 2.48. The summed E-state index contributed by atoms with van der Waals surface area (Å²) in [4.78, 5) is 11.0. The SMILES string of the molecule is Clc1ccnc(-c2c[nH]cn2)c1. The summed E-state index contributed by atoms with van der Waals surface area (Å²) >= 11 is 5.78. The molecule has 0 atom stereocenters. The molecule has 0 aliphatic rings. The first kappa shape index (κ1) is 7.31. The Hall–Kier alpha value is -1.35. The largest absolute Gasteiger partial charge is 0.351 e. The van der Waals surface area contributed by atoms with E-state index in [-0.39, 0.29) is 0 Å². The van der Waals surface area contributed by atoms with Gasteiger partial charge in [0.1, 0.15) is 5.69 Å². The Morgan fingerprint density at radius 3 is 2.83 bits per heavy atom. The summed E-state index contributed by atoms with van der Waals surface area (Å²) in [7, 11) is 0. The van der Waals surface area contributed by atoms with Gasteiger partial charge in [0, 0.05) is 17.4 Å². The van der Waals surface area contributed by atoms with Crippen LogP contribution in [0.3, 0.4) is 0 Å². The van der Waals surface area contributed by atoms with Crippen LogP contribution in [0.25, 0.3) is 11.4 Å². The summed E-state index contributed by atoms with van der Waals surface area (Å²) in [6, 6.07) is 3.51. The lowest BCUT2D eigenvalue weighted by molar-refractivity contribution is 1.27. The van der Waals surface area contributed by atoms with Gasteiger partial charge in [-0.15, -0.1) is 0 Å².